The van der Waals surface area contributed by atoms with E-state index in [9.17, 15) is 4.79 Å². The Labute approximate surface area is 120 Å². The van der Waals surface area contributed by atoms with Crippen molar-refractivity contribution in [3.63, 3.8) is 0 Å². The summed E-state index contributed by atoms with van der Waals surface area (Å²) >= 11 is 0. The topological polar surface area (TPSA) is 67.4 Å². The molecule has 0 radical (unpaired) electrons. The first-order valence-electron chi connectivity index (χ1n) is 6.86. The van der Waals surface area contributed by atoms with Gasteiger partial charge in [-0.05, 0) is 6.04 Å². The number of nitrogens with one attached hydrogen (secondary N) is 1. The van der Waals surface area contributed by atoms with Crippen LogP contribution in [0.3, 0.4) is 0 Å². The summed E-state index contributed by atoms with van der Waals surface area (Å²) in [6, 6.07) is 1.16. The van der Waals surface area contributed by atoms with Gasteiger partial charge in [0.2, 0.25) is 0 Å². The van der Waals surface area contributed by atoms with Gasteiger partial charge in [-0.1, -0.05) is 19.6 Å². The lowest BCUT2D eigenvalue weighted by molar-refractivity contribution is 0.120. The number of aromatic amines is 1. The Morgan fingerprint density at radius 2 is 2.15 bits per heavy atom. The number of ether oxygens (including phenoxy) is 2. The van der Waals surface area contributed by atoms with E-state index < -0.39 is 8.07 Å². The molecule has 0 aliphatic carbocycles. The highest BCUT2D eigenvalue weighted by Gasteiger charge is 2.27. The molecule has 1 aliphatic heterocycles. The van der Waals surface area contributed by atoms with E-state index in [1.165, 1.54) is 7.11 Å². The van der Waals surface area contributed by atoms with Crippen LogP contribution in [-0.4, -0.2) is 42.8 Å². The van der Waals surface area contributed by atoms with Crippen LogP contribution in [0, 0.1) is 0 Å². The molecule has 1 aliphatic rings. The molecule has 20 heavy (non-hydrogen) atoms. The van der Waals surface area contributed by atoms with E-state index in [4.69, 9.17) is 9.47 Å². The van der Waals surface area contributed by atoms with Gasteiger partial charge in [-0.15, -0.1) is 0 Å². The number of H-pyrrole nitrogens is 1. The highest BCUT2D eigenvalue weighted by molar-refractivity contribution is 6.76. The van der Waals surface area contributed by atoms with Gasteiger partial charge in [-0.3, -0.25) is 4.90 Å². The molecule has 1 amide bonds. The first-order valence-corrected chi connectivity index (χ1v) is 10.6. The van der Waals surface area contributed by atoms with Crippen molar-refractivity contribution in [2.75, 3.05) is 13.7 Å². The molecule has 2 rings (SSSR count). The van der Waals surface area contributed by atoms with Gasteiger partial charge in [-0.2, -0.15) is 0 Å². The molecule has 0 unspecified atom stereocenters. The fourth-order valence-electron chi connectivity index (χ4n) is 2.07. The second-order valence-corrected chi connectivity index (χ2v) is 11.9. The highest BCUT2D eigenvalue weighted by Crippen LogP contribution is 2.21. The SMILES string of the molecule is COC(=O)N1Cc2nc(COCC[Si](C)(C)C)[nH]c2C1. The summed E-state index contributed by atoms with van der Waals surface area (Å²) < 4.78 is 10.4. The molecule has 6 nitrogen and oxygen atoms in total. The van der Waals surface area contributed by atoms with Crippen LogP contribution in [0.5, 0.6) is 0 Å². The van der Waals surface area contributed by atoms with Gasteiger partial charge in [0, 0.05) is 14.7 Å². The lowest BCUT2D eigenvalue weighted by Crippen LogP contribution is -2.25. The molecular formula is C13H23N3O3Si. The van der Waals surface area contributed by atoms with Crippen molar-refractivity contribution in [3.05, 3.63) is 17.2 Å². The standard InChI is InChI=1S/C13H23N3O3Si/c1-18-13(17)16-7-10-11(8-16)15-12(14-10)9-19-5-6-20(2,3)4/h5-9H2,1-4H3,(H,14,15). The maximum absolute atomic E-state index is 11.4. The van der Waals surface area contributed by atoms with E-state index in [1.807, 2.05) is 0 Å². The lowest BCUT2D eigenvalue weighted by atomic mass is 10.4. The number of fused-ring (bicyclic) bond motifs is 1. The van der Waals surface area contributed by atoms with Crippen molar-refractivity contribution in [1.82, 2.24) is 14.9 Å². The number of rotatable bonds is 5. The van der Waals surface area contributed by atoms with Crippen LogP contribution in [-0.2, 0) is 29.2 Å². The normalized spacial score (nSPS) is 14.5. The van der Waals surface area contributed by atoms with Crippen LogP contribution < -0.4 is 0 Å². The molecule has 112 valence electrons. The molecular weight excluding hydrogens is 274 g/mol. The van der Waals surface area contributed by atoms with Gasteiger partial charge in [0.25, 0.3) is 0 Å². The molecule has 7 heteroatoms. The number of aromatic nitrogens is 2. The number of methoxy groups -OCH3 is 1. The molecule has 1 aromatic heterocycles. The Hall–Kier alpha value is -1.34. The third-order valence-electron chi connectivity index (χ3n) is 3.27. The Bertz CT molecular complexity index is 458. The fourth-order valence-corrected chi connectivity index (χ4v) is 2.82. The zero-order valence-electron chi connectivity index (χ0n) is 12.7. The molecule has 1 aromatic rings. The Balaban J connectivity index is 1.79. The zero-order valence-corrected chi connectivity index (χ0v) is 13.7. The van der Waals surface area contributed by atoms with Gasteiger partial charge in [-0.25, -0.2) is 9.78 Å². The van der Waals surface area contributed by atoms with E-state index >= 15 is 0 Å². The molecule has 0 spiro atoms. The first kappa shape index (κ1) is 15.1. The predicted molar refractivity (Wildman–Crippen MR) is 78.0 cm³/mol. The summed E-state index contributed by atoms with van der Waals surface area (Å²) in [5.41, 5.74) is 1.90. The summed E-state index contributed by atoms with van der Waals surface area (Å²) in [4.78, 5) is 20.7. The maximum Gasteiger partial charge on any atom is 0.410 e. The van der Waals surface area contributed by atoms with Gasteiger partial charge >= 0.3 is 6.09 Å². The molecule has 0 atom stereocenters. The van der Waals surface area contributed by atoms with E-state index in [1.54, 1.807) is 4.90 Å². The number of hydrogen-bond acceptors (Lipinski definition) is 4. The number of nitrogens with zero attached hydrogens (tertiary/aromatic N) is 2. The van der Waals surface area contributed by atoms with Crippen LogP contribution in [0.1, 0.15) is 17.2 Å². The highest BCUT2D eigenvalue weighted by atomic mass is 28.3. The molecule has 0 bridgehead atoms. The van der Waals surface area contributed by atoms with Crippen molar-refractivity contribution in [2.24, 2.45) is 0 Å². The Kier molecular flexibility index (Phi) is 4.49. The third kappa shape index (κ3) is 3.83. The predicted octanol–water partition coefficient (Wildman–Crippen LogP) is 2.35. The summed E-state index contributed by atoms with van der Waals surface area (Å²) in [7, 11) is 0.353. The molecule has 2 heterocycles. The van der Waals surface area contributed by atoms with Crippen LogP contribution in [0.2, 0.25) is 25.7 Å². The number of imidazole rings is 1. The number of hydrogen-bond donors (Lipinski definition) is 1. The van der Waals surface area contributed by atoms with Gasteiger partial charge in [0.1, 0.15) is 12.4 Å². The number of amides is 1. The minimum absolute atomic E-state index is 0.315. The average molecular weight is 297 g/mol. The van der Waals surface area contributed by atoms with Gasteiger partial charge in [0.15, 0.2) is 0 Å². The molecule has 0 saturated heterocycles. The van der Waals surface area contributed by atoms with Crippen molar-refractivity contribution in [3.8, 4) is 0 Å². The fraction of sp³-hybridized carbons (Fsp3) is 0.692. The summed E-state index contributed by atoms with van der Waals surface area (Å²) in [5.74, 6) is 0.843. The van der Waals surface area contributed by atoms with Gasteiger partial charge in [0.05, 0.1) is 31.6 Å². The molecule has 0 fully saturated rings. The summed E-state index contributed by atoms with van der Waals surface area (Å²) in [6.07, 6.45) is -0.315. The summed E-state index contributed by atoms with van der Waals surface area (Å²) in [5, 5.41) is 0. The largest absolute Gasteiger partial charge is 0.453 e. The quantitative estimate of drug-likeness (QED) is 0.669. The van der Waals surface area contributed by atoms with Crippen molar-refractivity contribution in [1.29, 1.82) is 0 Å². The lowest BCUT2D eigenvalue weighted by Gasteiger charge is -2.15. The van der Waals surface area contributed by atoms with E-state index in [-0.39, 0.29) is 6.09 Å². The van der Waals surface area contributed by atoms with Crippen molar-refractivity contribution in [2.45, 2.75) is 45.4 Å². The Morgan fingerprint density at radius 3 is 2.75 bits per heavy atom. The van der Waals surface area contributed by atoms with Crippen LogP contribution in [0.4, 0.5) is 4.79 Å². The molecule has 1 N–H and O–H groups in total. The average Bonchev–Trinajstić information content (AvgIpc) is 2.90. The second-order valence-electron chi connectivity index (χ2n) is 6.30. The van der Waals surface area contributed by atoms with E-state index in [0.717, 1.165) is 29.9 Å². The number of carbonyl (C=O) groups is 1. The monoisotopic (exact) mass is 297 g/mol. The van der Waals surface area contributed by atoms with Crippen molar-refractivity contribution < 1.29 is 14.3 Å². The zero-order chi connectivity index (χ0) is 14.8. The first-order chi connectivity index (χ1) is 9.39. The molecule has 0 saturated carbocycles. The smallest absolute Gasteiger partial charge is 0.410 e. The Morgan fingerprint density at radius 1 is 1.40 bits per heavy atom. The number of carbonyl (C=O) groups excluding carboxylic acids is 1. The summed E-state index contributed by atoms with van der Waals surface area (Å²) in [6.45, 7) is 9.33. The maximum atomic E-state index is 11.4. The van der Waals surface area contributed by atoms with Gasteiger partial charge < -0.3 is 14.5 Å². The van der Waals surface area contributed by atoms with Crippen LogP contribution in [0.25, 0.3) is 0 Å². The third-order valence-corrected chi connectivity index (χ3v) is 4.98. The minimum Gasteiger partial charge on any atom is -0.453 e. The van der Waals surface area contributed by atoms with E-state index in [2.05, 4.69) is 29.6 Å². The second kappa shape index (κ2) is 5.97. The van der Waals surface area contributed by atoms with E-state index in [0.29, 0.717) is 19.7 Å². The minimum atomic E-state index is -1.04. The van der Waals surface area contributed by atoms with Crippen molar-refractivity contribution >= 4 is 14.2 Å². The van der Waals surface area contributed by atoms with Crippen LogP contribution >= 0.6 is 0 Å². The molecule has 0 aromatic carbocycles. The van der Waals surface area contributed by atoms with Crippen LogP contribution in [0.15, 0.2) is 0 Å².